The summed E-state index contributed by atoms with van der Waals surface area (Å²) in [6.45, 7) is 3.54. The smallest absolute Gasteiger partial charge is 0.273 e. The van der Waals surface area contributed by atoms with Gasteiger partial charge in [0.15, 0.2) is 5.69 Å². The van der Waals surface area contributed by atoms with Crippen LogP contribution in [0.25, 0.3) is 0 Å². The van der Waals surface area contributed by atoms with Gasteiger partial charge in [-0.2, -0.15) is 0 Å². The van der Waals surface area contributed by atoms with E-state index >= 15 is 0 Å². The number of carbonyl (C=O) groups excluding carboxylic acids is 1. The Morgan fingerprint density at radius 2 is 2.36 bits per heavy atom. The average Bonchev–Trinajstić information content (AvgIpc) is 3.02. The first-order chi connectivity index (χ1) is 10.6. The summed E-state index contributed by atoms with van der Waals surface area (Å²) in [5.74, 6) is -0.407. The Labute approximate surface area is 132 Å². The number of piperidine rings is 1. The van der Waals surface area contributed by atoms with Gasteiger partial charge in [-0.05, 0) is 55.1 Å². The molecule has 5 nitrogen and oxygen atoms in total. The first-order valence-corrected chi connectivity index (χ1v) is 8.06. The van der Waals surface area contributed by atoms with Gasteiger partial charge >= 0.3 is 0 Å². The number of hydrogen-bond acceptors (Lipinski definition) is 5. The van der Waals surface area contributed by atoms with Crippen LogP contribution in [0.3, 0.4) is 0 Å². The first-order valence-electron chi connectivity index (χ1n) is 7.22. The summed E-state index contributed by atoms with van der Waals surface area (Å²) in [5.41, 5.74) is 2.30. The number of hydrogen-bond donors (Lipinski definition) is 1. The fourth-order valence-corrected chi connectivity index (χ4v) is 3.25. The maximum Gasteiger partial charge on any atom is 0.273 e. The van der Waals surface area contributed by atoms with E-state index in [2.05, 4.69) is 19.8 Å². The number of benzene rings is 1. The van der Waals surface area contributed by atoms with E-state index in [1.807, 2.05) is 6.92 Å². The lowest BCUT2D eigenvalue weighted by atomic mass is 10.0. The van der Waals surface area contributed by atoms with Crippen molar-refractivity contribution in [2.75, 3.05) is 18.0 Å². The molecule has 0 aliphatic carbocycles. The lowest BCUT2D eigenvalue weighted by molar-refractivity contribution is 0.0928. The van der Waals surface area contributed by atoms with E-state index in [0.717, 1.165) is 48.7 Å². The quantitative estimate of drug-likeness (QED) is 0.943. The second-order valence-electron chi connectivity index (χ2n) is 5.48. The molecule has 1 fully saturated rings. The number of halogens is 1. The highest BCUT2D eigenvalue weighted by Gasteiger charge is 2.23. The molecule has 0 spiro atoms. The lowest BCUT2D eigenvalue weighted by Gasteiger charge is -2.35. The zero-order valence-corrected chi connectivity index (χ0v) is 13.1. The minimum atomic E-state index is -0.223. The zero-order valence-electron chi connectivity index (χ0n) is 12.3. The fourth-order valence-electron chi connectivity index (χ4n) is 2.81. The molecule has 116 valence electrons. The molecule has 1 aliphatic rings. The summed E-state index contributed by atoms with van der Waals surface area (Å²) in [7, 11) is 0. The van der Waals surface area contributed by atoms with Crippen LogP contribution in [-0.2, 0) is 0 Å². The summed E-state index contributed by atoms with van der Waals surface area (Å²) in [4.78, 5) is 14.3. The van der Waals surface area contributed by atoms with Gasteiger partial charge in [0, 0.05) is 30.2 Å². The van der Waals surface area contributed by atoms with Crippen LogP contribution in [0.1, 0.15) is 28.9 Å². The molecule has 0 saturated carbocycles. The molecule has 1 N–H and O–H groups in total. The molecule has 1 amide bonds. The molecule has 3 rings (SSSR count). The van der Waals surface area contributed by atoms with Crippen molar-refractivity contribution >= 4 is 23.1 Å². The molecule has 0 bridgehead atoms. The van der Waals surface area contributed by atoms with Gasteiger partial charge in [0.05, 0.1) is 0 Å². The SMILES string of the molecule is Cc1cc(F)ccc1N1CCC[C@H](NC(=O)c2csnn2)C1. The molecule has 1 aliphatic heterocycles. The van der Waals surface area contributed by atoms with E-state index in [9.17, 15) is 9.18 Å². The van der Waals surface area contributed by atoms with Gasteiger partial charge in [-0.15, -0.1) is 5.10 Å². The van der Waals surface area contributed by atoms with E-state index < -0.39 is 0 Å². The van der Waals surface area contributed by atoms with E-state index in [0.29, 0.717) is 5.69 Å². The van der Waals surface area contributed by atoms with Crippen LogP contribution in [0.5, 0.6) is 0 Å². The van der Waals surface area contributed by atoms with Gasteiger partial charge in [-0.25, -0.2) is 4.39 Å². The Kier molecular flexibility index (Phi) is 4.33. The number of nitrogens with zero attached hydrogens (tertiary/aromatic N) is 3. The van der Waals surface area contributed by atoms with Gasteiger partial charge in [0.2, 0.25) is 0 Å². The van der Waals surface area contributed by atoms with E-state index in [1.54, 1.807) is 17.5 Å². The van der Waals surface area contributed by atoms with Gasteiger partial charge in [0.1, 0.15) is 5.82 Å². The number of aromatic nitrogens is 2. The largest absolute Gasteiger partial charge is 0.369 e. The second-order valence-corrected chi connectivity index (χ2v) is 6.09. The van der Waals surface area contributed by atoms with Crippen LogP contribution < -0.4 is 10.2 Å². The number of rotatable bonds is 3. The Balaban J connectivity index is 1.67. The van der Waals surface area contributed by atoms with Gasteiger partial charge in [-0.3, -0.25) is 4.79 Å². The van der Waals surface area contributed by atoms with Crippen molar-refractivity contribution in [2.24, 2.45) is 0 Å². The molecule has 0 radical (unpaired) electrons. The number of aryl methyl sites for hydroxylation is 1. The van der Waals surface area contributed by atoms with Gasteiger partial charge in [0.25, 0.3) is 5.91 Å². The Bertz CT molecular complexity index is 662. The summed E-state index contributed by atoms with van der Waals surface area (Å²) in [6.07, 6.45) is 1.91. The third-order valence-corrected chi connectivity index (χ3v) is 4.35. The van der Waals surface area contributed by atoms with Crippen molar-refractivity contribution in [3.8, 4) is 0 Å². The highest BCUT2D eigenvalue weighted by atomic mass is 32.1. The van der Waals surface area contributed by atoms with Crippen molar-refractivity contribution in [1.82, 2.24) is 14.9 Å². The van der Waals surface area contributed by atoms with E-state index in [1.165, 1.54) is 6.07 Å². The summed E-state index contributed by atoms with van der Waals surface area (Å²) >= 11 is 1.16. The van der Waals surface area contributed by atoms with Crippen molar-refractivity contribution in [2.45, 2.75) is 25.8 Å². The molecule has 0 unspecified atom stereocenters. The predicted octanol–water partition coefficient (Wildman–Crippen LogP) is 2.38. The molecule has 2 heterocycles. The third-order valence-electron chi connectivity index (χ3n) is 3.85. The normalized spacial score (nSPS) is 18.3. The van der Waals surface area contributed by atoms with Crippen LogP contribution in [0.4, 0.5) is 10.1 Å². The van der Waals surface area contributed by atoms with Crippen LogP contribution >= 0.6 is 11.5 Å². The van der Waals surface area contributed by atoms with Crippen LogP contribution in [0.15, 0.2) is 23.6 Å². The number of carbonyl (C=O) groups is 1. The summed E-state index contributed by atoms with van der Waals surface area (Å²) in [6, 6.07) is 4.88. The molecular formula is C15H17FN4OS. The highest BCUT2D eigenvalue weighted by Crippen LogP contribution is 2.24. The maximum atomic E-state index is 13.2. The Hall–Kier alpha value is -2.02. The summed E-state index contributed by atoms with van der Waals surface area (Å²) < 4.78 is 16.9. The standard InChI is InChI=1S/C15H17FN4OS/c1-10-7-11(16)4-5-14(10)20-6-2-3-12(8-20)17-15(21)13-9-22-19-18-13/h4-5,7,9,12H,2-3,6,8H2,1H3,(H,17,21)/t12-/m0/s1. The van der Waals surface area contributed by atoms with Crippen molar-refractivity contribution in [3.05, 3.63) is 40.7 Å². The fraction of sp³-hybridized carbons (Fsp3) is 0.400. The topological polar surface area (TPSA) is 58.1 Å². The third kappa shape index (κ3) is 3.24. The van der Waals surface area contributed by atoms with Gasteiger partial charge in [-0.1, -0.05) is 4.49 Å². The Morgan fingerprint density at radius 1 is 1.50 bits per heavy atom. The molecule has 7 heteroatoms. The summed E-state index contributed by atoms with van der Waals surface area (Å²) in [5, 5.41) is 8.42. The minimum Gasteiger partial charge on any atom is -0.369 e. The number of nitrogens with one attached hydrogen (secondary N) is 1. The van der Waals surface area contributed by atoms with Crippen molar-refractivity contribution < 1.29 is 9.18 Å². The van der Waals surface area contributed by atoms with Crippen molar-refractivity contribution in [3.63, 3.8) is 0 Å². The monoisotopic (exact) mass is 320 g/mol. The van der Waals surface area contributed by atoms with Crippen molar-refractivity contribution in [1.29, 1.82) is 0 Å². The molecule has 2 aromatic rings. The predicted molar refractivity (Wildman–Crippen MR) is 83.7 cm³/mol. The molecule has 1 aromatic carbocycles. The Morgan fingerprint density at radius 3 is 3.09 bits per heavy atom. The molecular weight excluding hydrogens is 303 g/mol. The number of anilines is 1. The van der Waals surface area contributed by atoms with E-state index in [4.69, 9.17) is 0 Å². The number of amides is 1. The second kappa shape index (κ2) is 6.39. The van der Waals surface area contributed by atoms with E-state index in [-0.39, 0.29) is 17.8 Å². The highest BCUT2D eigenvalue weighted by molar-refractivity contribution is 7.03. The van der Waals surface area contributed by atoms with Crippen LogP contribution in [0.2, 0.25) is 0 Å². The van der Waals surface area contributed by atoms with Crippen LogP contribution in [0, 0.1) is 12.7 Å². The molecule has 1 saturated heterocycles. The van der Waals surface area contributed by atoms with Crippen LogP contribution in [-0.4, -0.2) is 34.6 Å². The van der Waals surface area contributed by atoms with Gasteiger partial charge < -0.3 is 10.2 Å². The molecule has 1 atom stereocenters. The first kappa shape index (κ1) is 14.9. The molecule has 22 heavy (non-hydrogen) atoms. The molecule has 1 aromatic heterocycles. The lowest BCUT2D eigenvalue weighted by Crippen LogP contribution is -2.48. The minimum absolute atomic E-state index is 0.0624. The maximum absolute atomic E-state index is 13.2. The average molecular weight is 320 g/mol. The zero-order chi connectivity index (χ0) is 15.5.